The first-order chi connectivity index (χ1) is 9.90. The number of hydrogen-bond donors (Lipinski definition) is 1. The highest BCUT2D eigenvalue weighted by Gasteiger charge is 2.15. The minimum absolute atomic E-state index is 0.0705. The normalized spacial score (nSPS) is 13.2. The summed E-state index contributed by atoms with van der Waals surface area (Å²) in [5.41, 5.74) is 8.25. The number of halogens is 1. The van der Waals surface area contributed by atoms with Gasteiger partial charge < -0.3 is 5.73 Å². The molecule has 2 N–H and O–H groups in total. The predicted molar refractivity (Wildman–Crippen MR) is 89.2 cm³/mol. The molecule has 0 spiro atoms. The minimum atomic E-state index is -0.213. The third kappa shape index (κ3) is 4.32. The summed E-state index contributed by atoms with van der Waals surface area (Å²) >= 11 is 1.68. The lowest BCUT2D eigenvalue weighted by molar-refractivity contribution is 0.589. The van der Waals surface area contributed by atoms with Gasteiger partial charge in [-0.2, -0.15) is 0 Å². The van der Waals surface area contributed by atoms with Crippen LogP contribution in [-0.4, -0.2) is 6.54 Å². The molecule has 0 saturated carbocycles. The summed E-state index contributed by atoms with van der Waals surface area (Å²) in [6.45, 7) is 7.08. The average molecular weight is 303 g/mol. The summed E-state index contributed by atoms with van der Waals surface area (Å²) in [5, 5.41) is 0.0705. The minimum Gasteiger partial charge on any atom is -0.329 e. The second kappa shape index (κ2) is 6.63. The molecule has 0 aliphatic carbocycles. The van der Waals surface area contributed by atoms with E-state index >= 15 is 0 Å². The van der Waals surface area contributed by atoms with Crippen LogP contribution in [0.3, 0.4) is 0 Å². The highest BCUT2D eigenvalue weighted by Crippen LogP contribution is 2.35. The molecule has 2 aromatic rings. The maximum absolute atomic E-state index is 13.3. The molecule has 0 saturated heterocycles. The maximum Gasteiger partial charge on any atom is 0.123 e. The number of nitrogens with two attached hydrogens (primary N) is 1. The largest absolute Gasteiger partial charge is 0.329 e. The van der Waals surface area contributed by atoms with Gasteiger partial charge in [-0.05, 0) is 40.8 Å². The number of rotatable bonds is 4. The van der Waals surface area contributed by atoms with E-state index in [-0.39, 0.29) is 16.5 Å². The number of hydrogen-bond acceptors (Lipinski definition) is 2. The zero-order valence-electron chi connectivity index (χ0n) is 12.8. The molecule has 0 aliphatic heterocycles. The summed E-state index contributed by atoms with van der Waals surface area (Å²) in [6.07, 6.45) is 0. The van der Waals surface area contributed by atoms with Crippen molar-refractivity contribution >= 4 is 11.8 Å². The first-order valence-corrected chi connectivity index (χ1v) is 8.01. The van der Waals surface area contributed by atoms with E-state index < -0.39 is 0 Å². The van der Waals surface area contributed by atoms with Crippen molar-refractivity contribution in [1.29, 1.82) is 0 Å². The monoisotopic (exact) mass is 303 g/mol. The fraction of sp³-hybridized carbons (Fsp3) is 0.333. The van der Waals surface area contributed by atoms with Crippen molar-refractivity contribution in [2.75, 3.05) is 6.54 Å². The van der Waals surface area contributed by atoms with Gasteiger partial charge in [0, 0.05) is 16.7 Å². The van der Waals surface area contributed by atoms with Gasteiger partial charge in [0.2, 0.25) is 0 Å². The van der Waals surface area contributed by atoms with Crippen LogP contribution in [0.25, 0.3) is 0 Å². The van der Waals surface area contributed by atoms with Gasteiger partial charge >= 0.3 is 0 Å². The second-order valence-corrected chi connectivity index (χ2v) is 7.45. The fourth-order valence-electron chi connectivity index (χ4n) is 2.16. The molecule has 0 amide bonds. The summed E-state index contributed by atoms with van der Waals surface area (Å²) in [7, 11) is 0. The smallest absolute Gasteiger partial charge is 0.123 e. The van der Waals surface area contributed by atoms with Crippen molar-refractivity contribution in [3.05, 3.63) is 65.5 Å². The van der Waals surface area contributed by atoms with Gasteiger partial charge in [-0.3, -0.25) is 0 Å². The second-order valence-electron chi connectivity index (χ2n) is 6.17. The standard InChI is InChI=1S/C18H22FNS/c1-18(2,3)14-7-9-16(10-8-14)21-17(12-20)13-5-4-6-15(19)11-13/h4-11,17H,12,20H2,1-3H3. The molecule has 3 heteroatoms. The first-order valence-electron chi connectivity index (χ1n) is 7.13. The van der Waals surface area contributed by atoms with E-state index in [4.69, 9.17) is 5.73 Å². The van der Waals surface area contributed by atoms with Crippen LogP contribution >= 0.6 is 11.8 Å². The van der Waals surface area contributed by atoms with Gasteiger partial charge in [0.25, 0.3) is 0 Å². The Morgan fingerprint density at radius 1 is 1.10 bits per heavy atom. The van der Waals surface area contributed by atoms with E-state index in [2.05, 4.69) is 45.0 Å². The summed E-state index contributed by atoms with van der Waals surface area (Å²) in [4.78, 5) is 1.16. The van der Waals surface area contributed by atoms with E-state index in [1.807, 2.05) is 6.07 Å². The molecule has 21 heavy (non-hydrogen) atoms. The van der Waals surface area contributed by atoms with Crippen molar-refractivity contribution in [3.8, 4) is 0 Å². The Morgan fingerprint density at radius 3 is 2.29 bits per heavy atom. The van der Waals surface area contributed by atoms with Crippen LogP contribution in [0.5, 0.6) is 0 Å². The summed E-state index contributed by atoms with van der Waals surface area (Å²) in [6, 6.07) is 15.2. The van der Waals surface area contributed by atoms with Gasteiger partial charge in [-0.1, -0.05) is 45.0 Å². The van der Waals surface area contributed by atoms with Crippen LogP contribution in [-0.2, 0) is 5.41 Å². The fourth-order valence-corrected chi connectivity index (χ4v) is 3.16. The van der Waals surface area contributed by atoms with Crippen molar-refractivity contribution < 1.29 is 4.39 Å². The predicted octanol–water partition coefficient (Wildman–Crippen LogP) is 4.92. The molecule has 1 nitrogen and oxygen atoms in total. The number of thioether (sulfide) groups is 1. The Morgan fingerprint density at radius 2 is 1.76 bits per heavy atom. The Balaban J connectivity index is 2.15. The molecule has 1 unspecified atom stereocenters. The van der Waals surface area contributed by atoms with Crippen molar-refractivity contribution in [2.24, 2.45) is 5.73 Å². The molecule has 2 rings (SSSR count). The summed E-state index contributed by atoms with van der Waals surface area (Å²) in [5.74, 6) is -0.213. The maximum atomic E-state index is 13.3. The number of benzene rings is 2. The molecular weight excluding hydrogens is 281 g/mol. The van der Waals surface area contributed by atoms with Crippen LogP contribution in [0.1, 0.15) is 37.1 Å². The van der Waals surface area contributed by atoms with Gasteiger partial charge in [0.15, 0.2) is 0 Å². The van der Waals surface area contributed by atoms with Crippen LogP contribution in [0.2, 0.25) is 0 Å². The zero-order chi connectivity index (χ0) is 15.5. The Labute approximate surface area is 130 Å². The molecule has 1 atom stereocenters. The van der Waals surface area contributed by atoms with Gasteiger partial charge in [0.1, 0.15) is 5.82 Å². The molecule has 0 radical (unpaired) electrons. The van der Waals surface area contributed by atoms with E-state index in [1.165, 1.54) is 11.6 Å². The highest BCUT2D eigenvalue weighted by atomic mass is 32.2. The topological polar surface area (TPSA) is 26.0 Å². The highest BCUT2D eigenvalue weighted by molar-refractivity contribution is 7.99. The molecule has 2 aromatic carbocycles. The third-order valence-electron chi connectivity index (χ3n) is 3.43. The molecule has 0 fully saturated rings. The van der Waals surface area contributed by atoms with Gasteiger partial charge in [-0.15, -0.1) is 11.8 Å². The van der Waals surface area contributed by atoms with Gasteiger partial charge in [-0.25, -0.2) is 4.39 Å². The lowest BCUT2D eigenvalue weighted by atomic mass is 9.87. The van der Waals surface area contributed by atoms with Crippen molar-refractivity contribution in [2.45, 2.75) is 36.3 Å². The van der Waals surface area contributed by atoms with E-state index in [0.717, 1.165) is 10.5 Å². The Hall–Kier alpha value is -1.32. The molecule has 0 aliphatic rings. The van der Waals surface area contributed by atoms with Crippen LogP contribution in [0.4, 0.5) is 4.39 Å². The van der Waals surface area contributed by atoms with Crippen molar-refractivity contribution in [1.82, 2.24) is 0 Å². The molecule has 0 bridgehead atoms. The third-order valence-corrected chi connectivity index (χ3v) is 4.73. The Kier molecular flexibility index (Phi) is 5.07. The van der Waals surface area contributed by atoms with E-state index in [9.17, 15) is 4.39 Å². The molecule has 112 valence electrons. The zero-order valence-corrected chi connectivity index (χ0v) is 13.6. The Bertz CT molecular complexity index is 587. The van der Waals surface area contributed by atoms with E-state index in [0.29, 0.717) is 6.54 Å². The SMILES string of the molecule is CC(C)(C)c1ccc(SC(CN)c2cccc(F)c2)cc1. The molecule has 0 aromatic heterocycles. The van der Waals surface area contributed by atoms with Crippen molar-refractivity contribution in [3.63, 3.8) is 0 Å². The van der Waals surface area contributed by atoms with E-state index in [1.54, 1.807) is 23.9 Å². The quantitative estimate of drug-likeness (QED) is 0.812. The first kappa shape index (κ1) is 16.1. The van der Waals surface area contributed by atoms with Crippen LogP contribution in [0, 0.1) is 5.82 Å². The average Bonchev–Trinajstić information content (AvgIpc) is 2.44. The van der Waals surface area contributed by atoms with Gasteiger partial charge in [0.05, 0.1) is 0 Å². The molecular formula is C18H22FNS. The van der Waals surface area contributed by atoms with Crippen LogP contribution in [0.15, 0.2) is 53.4 Å². The lowest BCUT2D eigenvalue weighted by Gasteiger charge is -2.20. The lowest BCUT2D eigenvalue weighted by Crippen LogP contribution is -2.11. The van der Waals surface area contributed by atoms with Crippen LogP contribution < -0.4 is 5.73 Å². The summed E-state index contributed by atoms with van der Waals surface area (Å²) < 4.78 is 13.3. The molecule has 0 heterocycles.